The van der Waals surface area contributed by atoms with Gasteiger partial charge in [-0.05, 0) is 35.8 Å². The van der Waals surface area contributed by atoms with E-state index in [0.717, 1.165) is 17.7 Å². The Morgan fingerprint density at radius 2 is 2.00 bits per heavy atom. The summed E-state index contributed by atoms with van der Waals surface area (Å²) in [6.45, 7) is 1.07. The number of benzene rings is 2. The zero-order valence-electron chi connectivity index (χ0n) is 14.3. The quantitative estimate of drug-likeness (QED) is 0.667. The van der Waals surface area contributed by atoms with E-state index in [9.17, 15) is 14.9 Å². The molecule has 0 atom stereocenters. The van der Waals surface area contributed by atoms with Crippen LogP contribution in [0.5, 0.6) is 5.75 Å². The highest BCUT2D eigenvalue weighted by Crippen LogP contribution is 2.25. The van der Waals surface area contributed by atoms with Gasteiger partial charge in [0.1, 0.15) is 5.75 Å². The molecule has 0 aliphatic carbocycles. The van der Waals surface area contributed by atoms with Crippen LogP contribution in [-0.4, -0.2) is 36.1 Å². The van der Waals surface area contributed by atoms with Crippen LogP contribution in [0.25, 0.3) is 5.57 Å². The number of nitro benzene ring substituents is 1. The maximum absolute atomic E-state index is 12.4. The van der Waals surface area contributed by atoms with Crippen molar-refractivity contribution in [2.75, 3.05) is 25.5 Å². The van der Waals surface area contributed by atoms with Crippen LogP contribution in [0.1, 0.15) is 12.0 Å². The number of hydrogen-bond donors (Lipinski definition) is 1. The Morgan fingerprint density at radius 1 is 1.23 bits per heavy atom. The van der Waals surface area contributed by atoms with Gasteiger partial charge in [0.2, 0.25) is 0 Å². The van der Waals surface area contributed by atoms with Crippen molar-refractivity contribution in [3.63, 3.8) is 0 Å². The monoisotopic (exact) mass is 353 g/mol. The van der Waals surface area contributed by atoms with Gasteiger partial charge in [-0.25, -0.2) is 4.79 Å². The summed E-state index contributed by atoms with van der Waals surface area (Å²) in [7, 11) is 1.63. The molecule has 0 unspecified atom stereocenters. The number of hydrogen-bond acceptors (Lipinski definition) is 4. The zero-order valence-corrected chi connectivity index (χ0v) is 14.3. The van der Waals surface area contributed by atoms with Gasteiger partial charge >= 0.3 is 6.03 Å². The number of nitro groups is 1. The van der Waals surface area contributed by atoms with E-state index in [1.54, 1.807) is 24.1 Å². The minimum atomic E-state index is -0.486. The van der Waals surface area contributed by atoms with Gasteiger partial charge in [-0.15, -0.1) is 0 Å². The van der Waals surface area contributed by atoms with Crippen molar-refractivity contribution in [2.45, 2.75) is 6.42 Å². The average Bonchev–Trinajstić information content (AvgIpc) is 2.68. The molecule has 0 spiro atoms. The normalized spacial score (nSPS) is 13.7. The van der Waals surface area contributed by atoms with E-state index in [-0.39, 0.29) is 11.7 Å². The summed E-state index contributed by atoms with van der Waals surface area (Å²) in [6, 6.07) is 13.5. The molecule has 0 fully saturated rings. The van der Waals surface area contributed by atoms with Crippen LogP contribution < -0.4 is 10.1 Å². The number of anilines is 1. The average molecular weight is 353 g/mol. The molecule has 0 radical (unpaired) electrons. The lowest BCUT2D eigenvalue weighted by atomic mass is 9.99. The molecule has 1 heterocycles. The number of non-ortho nitro benzene ring substituents is 1. The summed E-state index contributed by atoms with van der Waals surface area (Å²) < 4.78 is 5.16. The second-order valence-electron chi connectivity index (χ2n) is 5.89. The first-order valence-electron chi connectivity index (χ1n) is 8.20. The SMILES string of the molecule is COc1ccc(C2=CCN(C(=O)Nc3cccc([N+](=O)[O-])c3)CC2)cc1. The summed E-state index contributed by atoms with van der Waals surface area (Å²) >= 11 is 0. The molecule has 134 valence electrons. The number of nitrogens with zero attached hydrogens (tertiary/aromatic N) is 2. The minimum Gasteiger partial charge on any atom is -0.497 e. The van der Waals surface area contributed by atoms with Gasteiger partial charge in [-0.3, -0.25) is 10.1 Å². The molecule has 1 aliphatic heterocycles. The number of carbonyl (C=O) groups is 1. The number of ether oxygens (including phenoxy) is 1. The van der Waals surface area contributed by atoms with Crippen LogP contribution in [0.2, 0.25) is 0 Å². The predicted molar refractivity (Wildman–Crippen MR) is 99.3 cm³/mol. The van der Waals surface area contributed by atoms with E-state index >= 15 is 0 Å². The van der Waals surface area contributed by atoms with Crippen molar-refractivity contribution in [1.29, 1.82) is 0 Å². The second kappa shape index (κ2) is 7.69. The van der Waals surface area contributed by atoms with Crippen LogP contribution in [0.4, 0.5) is 16.2 Å². The third-order valence-electron chi connectivity index (χ3n) is 4.27. The predicted octanol–water partition coefficient (Wildman–Crippen LogP) is 3.92. The Kier molecular flexibility index (Phi) is 5.17. The van der Waals surface area contributed by atoms with E-state index in [1.807, 2.05) is 30.3 Å². The van der Waals surface area contributed by atoms with Crippen molar-refractivity contribution in [1.82, 2.24) is 4.90 Å². The first kappa shape index (κ1) is 17.5. The lowest BCUT2D eigenvalue weighted by Crippen LogP contribution is -2.37. The van der Waals surface area contributed by atoms with Crippen molar-refractivity contribution < 1.29 is 14.5 Å². The third-order valence-corrected chi connectivity index (χ3v) is 4.27. The largest absolute Gasteiger partial charge is 0.497 e. The number of rotatable bonds is 4. The highest BCUT2D eigenvalue weighted by atomic mass is 16.6. The maximum atomic E-state index is 12.4. The molecule has 0 bridgehead atoms. The zero-order chi connectivity index (χ0) is 18.5. The Hall–Kier alpha value is -3.35. The minimum absolute atomic E-state index is 0.0527. The fourth-order valence-corrected chi connectivity index (χ4v) is 2.82. The lowest BCUT2D eigenvalue weighted by Gasteiger charge is -2.27. The number of methoxy groups -OCH3 is 1. The van der Waals surface area contributed by atoms with Gasteiger partial charge < -0.3 is 15.0 Å². The molecule has 3 rings (SSSR count). The second-order valence-corrected chi connectivity index (χ2v) is 5.89. The molecular weight excluding hydrogens is 334 g/mol. The van der Waals surface area contributed by atoms with Crippen LogP contribution in [-0.2, 0) is 0 Å². The molecular formula is C19H19N3O4. The van der Waals surface area contributed by atoms with E-state index in [0.29, 0.717) is 18.8 Å². The Bertz CT molecular complexity index is 846. The fraction of sp³-hybridized carbons (Fsp3) is 0.211. The van der Waals surface area contributed by atoms with Crippen molar-refractivity contribution in [3.05, 3.63) is 70.3 Å². The van der Waals surface area contributed by atoms with Gasteiger partial charge in [0, 0.05) is 30.9 Å². The van der Waals surface area contributed by atoms with Crippen LogP contribution in [0, 0.1) is 10.1 Å². The third kappa shape index (κ3) is 4.00. The number of nitrogens with one attached hydrogen (secondary N) is 1. The molecule has 1 aliphatic rings. The van der Waals surface area contributed by atoms with Crippen LogP contribution in [0.15, 0.2) is 54.6 Å². The van der Waals surface area contributed by atoms with E-state index < -0.39 is 4.92 Å². The molecule has 0 saturated heterocycles. The molecule has 1 N–H and O–H groups in total. The molecule has 7 heteroatoms. The standard InChI is InChI=1S/C19H19N3O4/c1-26-18-7-5-14(6-8-18)15-9-11-21(12-10-15)19(23)20-16-3-2-4-17(13-16)22(24)25/h2-9,13H,10-12H2,1H3,(H,20,23). The molecule has 0 saturated carbocycles. The van der Waals surface area contributed by atoms with Gasteiger partial charge in [0.25, 0.3) is 5.69 Å². The van der Waals surface area contributed by atoms with Crippen molar-refractivity contribution in [3.8, 4) is 5.75 Å². The van der Waals surface area contributed by atoms with Gasteiger partial charge in [-0.2, -0.15) is 0 Å². The number of carbonyl (C=O) groups excluding carboxylic acids is 1. The Labute approximate surface area is 151 Å². The molecule has 0 aromatic heterocycles. The summed E-state index contributed by atoms with van der Waals surface area (Å²) in [5.74, 6) is 0.808. The van der Waals surface area contributed by atoms with Gasteiger partial charge in [0.15, 0.2) is 0 Å². The van der Waals surface area contributed by atoms with Crippen molar-refractivity contribution >= 4 is 23.0 Å². The Morgan fingerprint density at radius 3 is 2.62 bits per heavy atom. The summed E-state index contributed by atoms with van der Waals surface area (Å²) in [5, 5.41) is 13.5. The van der Waals surface area contributed by atoms with E-state index in [1.165, 1.54) is 17.7 Å². The maximum Gasteiger partial charge on any atom is 0.322 e. The highest BCUT2D eigenvalue weighted by Gasteiger charge is 2.18. The number of urea groups is 1. The van der Waals surface area contributed by atoms with Crippen LogP contribution >= 0.6 is 0 Å². The smallest absolute Gasteiger partial charge is 0.322 e. The first-order valence-corrected chi connectivity index (χ1v) is 8.20. The topological polar surface area (TPSA) is 84.7 Å². The molecule has 2 amide bonds. The van der Waals surface area contributed by atoms with E-state index in [4.69, 9.17) is 4.74 Å². The van der Waals surface area contributed by atoms with Gasteiger partial charge in [-0.1, -0.05) is 24.3 Å². The van der Waals surface area contributed by atoms with Crippen molar-refractivity contribution in [2.24, 2.45) is 0 Å². The fourth-order valence-electron chi connectivity index (χ4n) is 2.82. The van der Waals surface area contributed by atoms with Crippen LogP contribution in [0.3, 0.4) is 0 Å². The molecule has 26 heavy (non-hydrogen) atoms. The summed E-state index contributed by atoms with van der Waals surface area (Å²) in [4.78, 5) is 24.4. The molecule has 2 aromatic carbocycles. The van der Waals surface area contributed by atoms with Gasteiger partial charge in [0.05, 0.1) is 12.0 Å². The molecule has 7 nitrogen and oxygen atoms in total. The lowest BCUT2D eigenvalue weighted by molar-refractivity contribution is -0.384. The van der Waals surface area contributed by atoms with E-state index in [2.05, 4.69) is 5.32 Å². The number of amides is 2. The Balaban J connectivity index is 1.63. The highest BCUT2D eigenvalue weighted by molar-refractivity contribution is 5.90. The molecule has 2 aromatic rings. The first-order chi connectivity index (χ1) is 12.6. The summed E-state index contributed by atoms with van der Waals surface area (Å²) in [6.07, 6.45) is 2.77. The summed E-state index contributed by atoms with van der Waals surface area (Å²) in [5.41, 5.74) is 2.66.